The van der Waals surface area contributed by atoms with Gasteiger partial charge in [0, 0.05) is 31.2 Å². The van der Waals surface area contributed by atoms with E-state index in [0.29, 0.717) is 17.3 Å². The van der Waals surface area contributed by atoms with E-state index in [9.17, 15) is 4.79 Å². The van der Waals surface area contributed by atoms with E-state index in [-0.39, 0.29) is 12.3 Å². The number of benzene rings is 1. The first-order valence-electron chi connectivity index (χ1n) is 7.08. The number of carbonyl (C=O) groups excluding carboxylic acids is 1. The van der Waals surface area contributed by atoms with Gasteiger partial charge in [-0.15, -0.1) is 0 Å². The van der Waals surface area contributed by atoms with Gasteiger partial charge in [0.25, 0.3) is 0 Å². The maximum Gasteiger partial charge on any atom is 0.224 e. The van der Waals surface area contributed by atoms with Gasteiger partial charge in [0.1, 0.15) is 5.75 Å². The van der Waals surface area contributed by atoms with Crippen molar-refractivity contribution in [1.29, 1.82) is 0 Å². The van der Waals surface area contributed by atoms with Crippen molar-refractivity contribution >= 4 is 17.5 Å². The van der Waals surface area contributed by atoms with Crippen molar-refractivity contribution in [2.75, 3.05) is 46.5 Å². The Morgan fingerprint density at radius 3 is 2.86 bits per heavy atom. The van der Waals surface area contributed by atoms with Crippen LogP contribution in [0.2, 0.25) is 5.02 Å². The van der Waals surface area contributed by atoms with Gasteiger partial charge in [-0.2, -0.15) is 0 Å². The molecule has 0 unspecified atom stereocenters. The molecule has 1 amide bonds. The van der Waals surface area contributed by atoms with E-state index in [1.807, 2.05) is 12.1 Å². The van der Waals surface area contributed by atoms with Gasteiger partial charge < -0.3 is 14.8 Å². The number of ether oxygens (including phenoxy) is 2. The second kappa shape index (κ2) is 8.22. The molecule has 5 nitrogen and oxygen atoms in total. The Bertz CT molecular complexity index is 476. The first-order valence-corrected chi connectivity index (χ1v) is 7.46. The molecule has 2 rings (SSSR count). The van der Waals surface area contributed by atoms with Crippen LogP contribution in [0.15, 0.2) is 18.2 Å². The zero-order valence-electron chi connectivity index (χ0n) is 12.2. The van der Waals surface area contributed by atoms with Crippen LogP contribution in [-0.4, -0.2) is 57.3 Å². The molecule has 1 saturated heterocycles. The summed E-state index contributed by atoms with van der Waals surface area (Å²) in [6.45, 7) is 4.91. The Balaban J connectivity index is 1.73. The van der Waals surface area contributed by atoms with Crippen molar-refractivity contribution in [3.8, 4) is 5.75 Å². The lowest BCUT2D eigenvalue weighted by Gasteiger charge is -2.26. The van der Waals surface area contributed by atoms with Crippen LogP contribution in [0.5, 0.6) is 5.75 Å². The lowest BCUT2D eigenvalue weighted by atomic mass is 10.1. The van der Waals surface area contributed by atoms with Gasteiger partial charge in [-0.1, -0.05) is 17.7 Å². The van der Waals surface area contributed by atoms with Crippen molar-refractivity contribution in [1.82, 2.24) is 10.2 Å². The minimum absolute atomic E-state index is 0.0182. The van der Waals surface area contributed by atoms with Crippen molar-refractivity contribution in [2.45, 2.75) is 6.42 Å². The lowest BCUT2D eigenvalue weighted by molar-refractivity contribution is -0.120. The summed E-state index contributed by atoms with van der Waals surface area (Å²) in [5.41, 5.74) is 0.807. The van der Waals surface area contributed by atoms with Crippen molar-refractivity contribution in [3.05, 3.63) is 28.8 Å². The summed E-state index contributed by atoms with van der Waals surface area (Å²) in [6, 6.07) is 5.35. The molecule has 1 aromatic rings. The SMILES string of the molecule is COc1ccc(CC(=O)NCCN2CCOCC2)c(Cl)c1. The minimum Gasteiger partial charge on any atom is -0.497 e. The molecule has 0 aliphatic carbocycles. The molecule has 0 bridgehead atoms. The number of nitrogens with one attached hydrogen (secondary N) is 1. The van der Waals surface area contributed by atoms with Crippen LogP contribution >= 0.6 is 11.6 Å². The highest BCUT2D eigenvalue weighted by atomic mass is 35.5. The van der Waals surface area contributed by atoms with Gasteiger partial charge in [0.15, 0.2) is 0 Å². The van der Waals surface area contributed by atoms with E-state index in [0.717, 1.165) is 38.4 Å². The quantitative estimate of drug-likeness (QED) is 0.861. The molecule has 0 spiro atoms. The van der Waals surface area contributed by atoms with Crippen LogP contribution < -0.4 is 10.1 Å². The molecule has 6 heteroatoms. The molecule has 21 heavy (non-hydrogen) atoms. The molecule has 116 valence electrons. The predicted molar refractivity (Wildman–Crippen MR) is 82.0 cm³/mol. The van der Waals surface area contributed by atoms with Gasteiger partial charge in [-0.25, -0.2) is 0 Å². The highest BCUT2D eigenvalue weighted by Crippen LogP contribution is 2.22. The summed E-state index contributed by atoms with van der Waals surface area (Å²) >= 11 is 6.13. The second-order valence-corrected chi connectivity index (χ2v) is 5.35. The minimum atomic E-state index is -0.0182. The number of carbonyl (C=O) groups is 1. The molecule has 1 aromatic carbocycles. The average Bonchev–Trinajstić information content (AvgIpc) is 2.50. The molecule has 1 N–H and O–H groups in total. The van der Waals surface area contributed by atoms with E-state index in [1.165, 1.54) is 0 Å². The molecule has 1 fully saturated rings. The zero-order valence-corrected chi connectivity index (χ0v) is 13.0. The predicted octanol–water partition coefficient (Wildman–Crippen LogP) is 1.34. The van der Waals surface area contributed by atoms with Crippen LogP contribution in [0.3, 0.4) is 0 Å². The van der Waals surface area contributed by atoms with E-state index in [2.05, 4.69) is 10.2 Å². The van der Waals surface area contributed by atoms with Crippen LogP contribution in [0.4, 0.5) is 0 Å². The van der Waals surface area contributed by atoms with Gasteiger partial charge in [0.05, 0.1) is 26.7 Å². The fraction of sp³-hybridized carbons (Fsp3) is 0.533. The number of hydrogen-bond acceptors (Lipinski definition) is 4. The number of nitrogens with zero attached hydrogens (tertiary/aromatic N) is 1. The van der Waals surface area contributed by atoms with Crippen LogP contribution in [-0.2, 0) is 16.0 Å². The molecule has 1 heterocycles. The topological polar surface area (TPSA) is 50.8 Å². The molecule has 0 radical (unpaired) electrons. The molecule has 0 atom stereocenters. The Hall–Kier alpha value is -1.30. The van der Waals surface area contributed by atoms with Crippen molar-refractivity contribution in [3.63, 3.8) is 0 Å². The highest BCUT2D eigenvalue weighted by Gasteiger charge is 2.11. The molecule has 0 saturated carbocycles. The zero-order chi connectivity index (χ0) is 15.1. The summed E-state index contributed by atoms with van der Waals surface area (Å²) in [4.78, 5) is 14.2. The smallest absolute Gasteiger partial charge is 0.224 e. The number of amides is 1. The number of hydrogen-bond donors (Lipinski definition) is 1. The third kappa shape index (κ3) is 5.19. The van der Waals surface area contributed by atoms with Crippen LogP contribution in [0.25, 0.3) is 0 Å². The van der Waals surface area contributed by atoms with Gasteiger partial charge in [-0.05, 0) is 17.7 Å². The third-order valence-corrected chi connectivity index (χ3v) is 3.82. The van der Waals surface area contributed by atoms with Gasteiger partial charge >= 0.3 is 0 Å². The molecule has 1 aliphatic rings. The average molecular weight is 313 g/mol. The van der Waals surface area contributed by atoms with Crippen LogP contribution in [0, 0.1) is 0 Å². The number of morpholine rings is 1. The Kier molecular flexibility index (Phi) is 6.29. The van der Waals surface area contributed by atoms with E-state index in [1.54, 1.807) is 13.2 Å². The largest absolute Gasteiger partial charge is 0.497 e. The number of rotatable bonds is 6. The third-order valence-electron chi connectivity index (χ3n) is 3.47. The monoisotopic (exact) mass is 312 g/mol. The van der Waals surface area contributed by atoms with Gasteiger partial charge in [0.2, 0.25) is 5.91 Å². The highest BCUT2D eigenvalue weighted by molar-refractivity contribution is 6.31. The first kappa shape index (κ1) is 16.1. The maximum absolute atomic E-state index is 11.9. The van der Waals surface area contributed by atoms with Gasteiger partial charge in [-0.3, -0.25) is 9.69 Å². The second-order valence-electron chi connectivity index (χ2n) is 4.94. The number of halogens is 1. The molecule has 0 aromatic heterocycles. The lowest BCUT2D eigenvalue weighted by Crippen LogP contribution is -2.41. The molecule has 1 aliphatic heterocycles. The maximum atomic E-state index is 11.9. The van der Waals surface area contributed by atoms with Crippen molar-refractivity contribution < 1.29 is 14.3 Å². The normalized spacial score (nSPS) is 15.7. The first-order chi connectivity index (χ1) is 10.2. The summed E-state index contributed by atoms with van der Waals surface area (Å²) in [7, 11) is 1.59. The fourth-order valence-corrected chi connectivity index (χ4v) is 2.45. The Morgan fingerprint density at radius 1 is 1.43 bits per heavy atom. The summed E-state index contributed by atoms with van der Waals surface area (Å²) < 4.78 is 10.4. The summed E-state index contributed by atoms with van der Waals surface area (Å²) in [6.07, 6.45) is 0.284. The van der Waals surface area contributed by atoms with E-state index < -0.39 is 0 Å². The standard InChI is InChI=1S/C15H21ClN2O3/c1-20-13-3-2-12(14(16)11-13)10-15(19)17-4-5-18-6-8-21-9-7-18/h2-3,11H,4-10H2,1H3,(H,17,19). The summed E-state index contributed by atoms with van der Waals surface area (Å²) in [5.74, 6) is 0.673. The van der Waals surface area contributed by atoms with Crippen LogP contribution in [0.1, 0.15) is 5.56 Å². The van der Waals surface area contributed by atoms with E-state index in [4.69, 9.17) is 21.1 Å². The summed E-state index contributed by atoms with van der Waals surface area (Å²) in [5, 5.41) is 3.48. The number of methoxy groups -OCH3 is 1. The van der Waals surface area contributed by atoms with E-state index >= 15 is 0 Å². The molecular formula is C15H21ClN2O3. The Labute approximate surface area is 130 Å². The fourth-order valence-electron chi connectivity index (χ4n) is 2.21. The molecular weight excluding hydrogens is 292 g/mol. The van der Waals surface area contributed by atoms with Crippen molar-refractivity contribution in [2.24, 2.45) is 0 Å². The Morgan fingerprint density at radius 2 is 2.19 bits per heavy atom.